The van der Waals surface area contributed by atoms with Gasteiger partial charge in [-0.25, -0.2) is 0 Å². The smallest absolute Gasteiger partial charge is 0.103 e. The molecule has 0 saturated heterocycles. The Labute approximate surface area is 212 Å². The molecule has 2 aromatic carbocycles. The van der Waals surface area contributed by atoms with Gasteiger partial charge in [-0.3, -0.25) is 9.99 Å². The second-order valence-corrected chi connectivity index (χ2v) is 10.6. The number of fused-ring (bicyclic) bond motifs is 1. The number of hydrazine groups is 2. The first-order valence-electron chi connectivity index (χ1n) is 12.3. The molecule has 1 aliphatic heterocycles. The van der Waals surface area contributed by atoms with Crippen LogP contribution in [0.3, 0.4) is 0 Å². The molecule has 1 unspecified atom stereocenters. The van der Waals surface area contributed by atoms with Gasteiger partial charge in [0.05, 0.1) is 34.9 Å². The molecule has 3 aromatic rings. The second kappa shape index (κ2) is 9.29. The molecule has 5 rings (SSSR count). The van der Waals surface area contributed by atoms with Gasteiger partial charge in [0.1, 0.15) is 6.07 Å². The van der Waals surface area contributed by atoms with E-state index in [9.17, 15) is 6.63 Å². The van der Waals surface area contributed by atoms with E-state index in [1.165, 1.54) is 0 Å². The number of nitriles is 1. The van der Waals surface area contributed by atoms with Crippen LogP contribution in [-0.4, -0.2) is 22.6 Å². The normalized spacial score (nSPS) is 17.7. The van der Waals surface area contributed by atoms with Crippen LogP contribution in [0, 0.1) is 16.7 Å². The minimum atomic E-state index is -1.33. The number of benzene rings is 2. The van der Waals surface area contributed by atoms with Crippen LogP contribution in [0.25, 0.3) is 10.9 Å². The summed E-state index contributed by atoms with van der Waals surface area (Å²) >= 11 is 6.70. The molecule has 1 aromatic heterocycles. The molecule has 0 bridgehead atoms. The van der Waals surface area contributed by atoms with Gasteiger partial charge in [0.2, 0.25) is 0 Å². The maximum atomic E-state index is 9.76. The summed E-state index contributed by atoms with van der Waals surface area (Å²) in [6.45, 7) is 7.06. The van der Waals surface area contributed by atoms with E-state index >= 15 is 0 Å². The Bertz CT molecular complexity index is 1360. The van der Waals surface area contributed by atoms with Gasteiger partial charge in [-0.05, 0) is 36.0 Å². The highest BCUT2D eigenvalue weighted by molar-refractivity contribution is 6.35. The second-order valence-electron chi connectivity index (χ2n) is 10.2. The first kappa shape index (κ1) is 22.0. The summed E-state index contributed by atoms with van der Waals surface area (Å²) in [5.74, 6) is 0. The fourth-order valence-corrected chi connectivity index (χ4v) is 4.28. The third-order valence-corrected chi connectivity index (χ3v) is 6.26. The van der Waals surface area contributed by atoms with Crippen molar-refractivity contribution in [2.75, 3.05) is 17.2 Å². The first-order chi connectivity index (χ1) is 17.2. The molecule has 0 spiro atoms. The fourth-order valence-electron chi connectivity index (χ4n) is 4.01. The van der Waals surface area contributed by atoms with Crippen molar-refractivity contribution in [3.8, 4) is 6.07 Å². The average Bonchev–Trinajstić information content (AvgIpc) is 3.58. The number of halogens is 1. The molecular formula is C27H30ClN7. The van der Waals surface area contributed by atoms with Crippen LogP contribution in [0.2, 0.25) is 5.02 Å². The number of nitrogens with one attached hydrogen (secondary N) is 4. The lowest BCUT2D eigenvalue weighted by atomic mass is 9.96. The van der Waals surface area contributed by atoms with E-state index in [0.29, 0.717) is 45.8 Å². The molecule has 0 radical (unpaired) electrons. The van der Waals surface area contributed by atoms with Crippen molar-refractivity contribution >= 4 is 33.9 Å². The van der Waals surface area contributed by atoms with E-state index in [2.05, 4.69) is 53.4 Å². The maximum absolute atomic E-state index is 9.76. The van der Waals surface area contributed by atoms with Crippen LogP contribution in [0.4, 0.5) is 11.4 Å². The number of anilines is 2. The molecule has 180 valence electrons. The third-order valence-electron chi connectivity index (χ3n) is 5.97. The van der Waals surface area contributed by atoms with Crippen LogP contribution in [0.15, 0.2) is 60.6 Å². The van der Waals surface area contributed by atoms with E-state index in [1.54, 1.807) is 12.3 Å². The van der Waals surface area contributed by atoms with E-state index in [1.807, 2.05) is 47.6 Å². The summed E-state index contributed by atoms with van der Waals surface area (Å²) < 4.78 is 9.59. The summed E-state index contributed by atoms with van der Waals surface area (Å²) in [7, 11) is 0. The van der Waals surface area contributed by atoms with Crippen LogP contribution >= 0.6 is 11.6 Å². The monoisotopic (exact) mass is 488 g/mol. The highest BCUT2D eigenvalue weighted by Gasteiger charge is 2.32. The molecule has 2 aliphatic rings. The van der Waals surface area contributed by atoms with E-state index in [0.717, 1.165) is 23.8 Å². The molecule has 35 heavy (non-hydrogen) atoms. The summed E-state index contributed by atoms with van der Waals surface area (Å²) in [6.07, 6.45) is 5.76. The van der Waals surface area contributed by atoms with E-state index in [-0.39, 0.29) is 5.41 Å². The Balaban J connectivity index is 1.59. The molecule has 8 heteroatoms. The molecular weight excluding hydrogens is 458 g/mol. The summed E-state index contributed by atoms with van der Waals surface area (Å²) in [6, 6.07) is 14.7. The lowest BCUT2D eigenvalue weighted by Crippen LogP contribution is -2.38. The van der Waals surface area contributed by atoms with Gasteiger partial charge in [-0.1, -0.05) is 62.7 Å². The topological polar surface area (TPSA) is 88.0 Å². The standard InChI is InChI=1S/C27H30ClN7/c1-27(2,3)16-31-24-18(13-29)14-30-26-21(24)11-19(12-22(26)28)32-25(17-7-5-4-6-8-17)23-15-35(34-33-23)20-9-10-20/h4-8,11-12,14-15,20,25,32-34H,9-10,16H2,1-3H3,(H,30,31)/i25D. The number of rotatable bonds is 7. The maximum Gasteiger partial charge on any atom is 0.103 e. The Morgan fingerprint density at radius 2 is 2.06 bits per heavy atom. The van der Waals surface area contributed by atoms with Gasteiger partial charge < -0.3 is 16.1 Å². The minimum Gasteiger partial charge on any atom is -0.383 e. The van der Waals surface area contributed by atoms with Gasteiger partial charge >= 0.3 is 0 Å². The zero-order valence-corrected chi connectivity index (χ0v) is 20.9. The molecule has 1 saturated carbocycles. The predicted molar refractivity (Wildman–Crippen MR) is 141 cm³/mol. The van der Waals surface area contributed by atoms with Gasteiger partial charge in [-0.15, -0.1) is 5.53 Å². The highest BCUT2D eigenvalue weighted by Crippen LogP contribution is 2.37. The largest absolute Gasteiger partial charge is 0.383 e. The van der Waals surface area contributed by atoms with Crippen molar-refractivity contribution < 1.29 is 1.37 Å². The zero-order valence-electron chi connectivity index (χ0n) is 21.1. The van der Waals surface area contributed by atoms with Crippen molar-refractivity contribution in [2.24, 2.45) is 5.41 Å². The van der Waals surface area contributed by atoms with Crippen molar-refractivity contribution in [3.63, 3.8) is 0 Å². The van der Waals surface area contributed by atoms with Crippen LogP contribution < -0.4 is 21.6 Å². The van der Waals surface area contributed by atoms with Crippen molar-refractivity contribution in [2.45, 2.75) is 45.7 Å². The van der Waals surface area contributed by atoms with Crippen molar-refractivity contribution in [1.82, 2.24) is 21.0 Å². The first-order valence-corrected chi connectivity index (χ1v) is 12.2. The quantitative estimate of drug-likeness (QED) is 0.339. The zero-order chi connectivity index (χ0) is 25.5. The molecule has 2 heterocycles. The van der Waals surface area contributed by atoms with Crippen LogP contribution in [0.1, 0.15) is 52.1 Å². The van der Waals surface area contributed by atoms with Crippen molar-refractivity contribution in [3.05, 3.63) is 76.7 Å². The minimum absolute atomic E-state index is 0.00661. The Kier molecular flexibility index (Phi) is 5.85. The Morgan fingerprint density at radius 3 is 2.74 bits per heavy atom. The van der Waals surface area contributed by atoms with Crippen LogP contribution in [-0.2, 0) is 0 Å². The number of hydrogen-bond donors (Lipinski definition) is 4. The molecule has 1 aliphatic carbocycles. The van der Waals surface area contributed by atoms with Gasteiger partial charge in [0.25, 0.3) is 0 Å². The Hall–Kier alpha value is -3.47. The lowest BCUT2D eigenvalue weighted by Gasteiger charge is -2.23. The third kappa shape index (κ3) is 5.14. The van der Waals surface area contributed by atoms with Gasteiger partial charge in [-0.2, -0.15) is 5.26 Å². The van der Waals surface area contributed by atoms with E-state index in [4.69, 9.17) is 11.6 Å². The lowest BCUT2D eigenvalue weighted by molar-refractivity contribution is 0.260. The Morgan fingerprint density at radius 1 is 1.29 bits per heavy atom. The van der Waals surface area contributed by atoms with Crippen LogP contribution in [0.5, 0.6) is 0 Å². The van der Waals surface area contributed by atoms with E-state index < -0.39 is 6.02 Å². The molecule has 4 N–H and O–H groups in total. The van der Waals surface area contributed by atoms with Crippen molar-refractivity contribution in [1.29, 1.82) is 5.26 Å². The average molecular weight is 489 g/mol. The summed E-state index contributed by atoms with van der Waals surface area (Å²) in [5.41, 5.74) is 10.2. The predicted octanol–water partition coefficient (Wildman–Crippen LogP) is 5.70. The number of hydrogen-bond acceptors (Lipinski definition) is 7. The summed E-state index contributed by atoms with van der Waals surface area (Å²) in [4.78, 5) is 4.46. The number of pyridine rings is 1. The van der Waals surface area contributed by atoms with Gasteiger partial charge in [0, 0.05) is 36.1 Å². The fraction of sp³-hybridized carbons (Fsp3) is 0.333. The molecule has 0 amide bonds. The summed E-state index contributed by atoms with van der Waals surface area (Å²) in [5, 5.41) is 19.8. The molecule has 7 nitrogen and oxygen atoms in total. The van der Waals surface area contributed by atoms with Gasteiger partial charge in [0.15, 0.2) is 0 Å². The number of aromatic nitrogens is 1. The molecule has 1 atom stereocenters. The SMILES string of the molecule is [2H]C(Nc1cc(Cl)c2ncc(C#N)c(NCC(C)(C)C)c2c1)(C1=CN(C2CC2)NN1)c1ccccc1. The molecule has 1 fully saturated rings. The highest BCUT2D eigenvalue weighted by atomic mass is 35.5. The number of nitrogens with zero attached hydrogens (tertiary/aromatic N) is 3.